The van der Waals surface area contributed by atoms with Crippen molar-refractivity contribution in [1.29, 1.82) is 0 Å². The Bertz CT molecular complexity index is 191. The van der Waals surface area contributed by atoms with Gasteiger partial charge < -0.3 is 30.1 Å². The molecule has 90 valence electrons. The van der Waals surface area contributed by atoms with E-state index >= 15 is 0 Å². The van der Waals surface area contributed by atoms with Crippen molar-refractivity contribution < 1.29 is 24.8 Å². The highest BCUT2D eigenvalue weighted by atomic mass is 16.7. The fourth-order valence-corrected chi connectivity index (χ4v) is 1.43. The van der Waals surface area contributed by atoms with Gasteiger partial charge in [-0.05, 0) is 14.0 Å². The van der Waals surface area contributed by atoms with Crippen LogP contribution in [0.25, 0.3) is 0 Å². The van der Waals surface area contributed by atoms with Crippen LogP contribution in [0.2, 0.25) is 0 Å². The minimum atomic E-state index is -1.23. The molecule has 0 saturated carbocycles. The van der Waals surface area contributed by atoms with Crippen LogP contribution in [0.5, 0.6) is 0 Å². The number of aliphatic hydroxyl groups is 3. The molecular weight excluding hydrogens is 202 g/mol. The van der Waals surface area contributed by atoms with E-state index in [4.69, 9.17) is 9.47 Å². The van der Waals surface area contributed by atoms with Gasteiger partial charge in [-0.25, -0.2) is 0 Å². The molecule has 0 amide bonds. The Morgan fingerprint density at radius 1 is 1.20 bits per heavy atom. The minimum Gasteiger partial charge on any atom is -0.388 e. The Kier molecular flexibility index (Phi) is 4.91. The number of likely N-dealkylation sites (N-methyl/N-ethyl adjacent to an activating group) is 1. The standard InChI is InChI=1S/C9H19NO5/c1-5-6(11)7(12)8(13)9(15-5)14-4-3-10-2/h5-13H,3-4H2,1-2H3. The van der Waals surface area contributed by atoms with E-state index in [1.165, 1.54) is 0 Å². The van der Waals surface area contributed by atoms with Gasteiger partial charge in [-0.1, -0.05) is 0 Å². The molecule has 0 aliphatic carbocycles. The summed E-state index contributed by atoms with van der Waals surface area (Å²) in [6, 6.07) is 0. The van der Waals surface area contributed by atoms with Gasteiger partial charge in [-0.2, -0.15) is 0 Å². The second kappa shape index (κ2) is 5.74. The van der Waals surface area contributed by atoms with Crippen LogP contribution in [0.4, 0.5) is 0 Å². The maximum Gasteiger partial charge on any atom is 0.186 e. The van der Waals surface area contributed by atoms with Crippen molar-refractivity contribution in [2.75, 3.05) is 20.2 Å². The van der Waals surface area contributed by atoms with Crippen LogP contribution in [0, 0.1) is 0 Å². The van der Waals surface area contributed by atoms with Crippen LogP contribution in [-0.4, -0.2) is 66.2 Å². The molecule has 0 aromatic carbocycles. The van der Waals surface area contributed by atoms with Crippen molar-refractivity contribution in [3.05, 3.63) is 0 Å². The Morgan fingerprint density at radius 2 is 1.87 bits per heavy atom. The molecule has 1 aliphatic heterocycles. The van der Waals surface area contributed by atoms with Gasteiger partial charge >= 0.3 is 0 Å². The molecule has 0 bridgehead atoms. The predicted octanol–water partition coefficient (Wildman–Crippen LogP) is -1.95. The predicted molar refractivity (Wildman–Crippen MR) is 52.2 cm³/mol. The number of rotatable bonds is 4. The largest absolute Gasteiger partial charge is 0.388 e. The van der Waals surface area contributed by atoms with Gasteiger partial charge in [-0.3, -0.25) is 0 Å². The lowest BCUT2D eigenvalue weighted by atomic mass is 10.0. The van der Waals surface area contributed by atoms with Crippen molar-refractivity contribution in [3.63, 3.8) is 0 Å². The Hall–Kier alpha value is -0.240. The molecule has 1 aliphatic rings. The summed E-state index contributed by atoms with van der Waals surface area (Å²) < 4.78 is 10.4. The highest BCUT2D eigenvalue weighted by molar-refractivity contribution is 4.87. The van der Waals surface area contributed by atoms with Gasteiger partial charge in [-0.15, -0.1) is 0 Å². The molecule has 6 nitrogen and oxygen atoms in total. The zero-order valence-electron chi connectivity index (χ0n) is 8.96. The lowest BCUT2D eigenvalue weighted by molar-refractivity contribution is -0.292. The van der Waals surface area contributed by atoms with Gasteiger partial charge in [0.1, 0.15) is 18.3 Å². The van der Waals surface area contributed by atoms with Crippen LogP contribution in [0.15, 0.2) is 0 Å². The van der Waals surface area contributed by atoms with Crippen LogP contribution >= 0.6 is 0 Å². The smallest absolute Gasteiger partial charge is 0.186 e. The lowest BCUT2D eigenvalue weighted by Gasteiger charge is -2.38. The Morgan fingerprint density at radius 3 is 2.47 bits per heavy atom. The van der Waals surface area contributed by atoms with Gasteiger partial charge in [0, 0.05) is 6.54 Å². The molecule has 5 atom stereocenters. The first-order valence-electron chi connectivity index (χ1n) is 5.03. The summed E-state index contributed by atoms with van der Waals surface area (Å²) in [5.41, 5.74) is 0. The van der Waals surface area contributed by atoms with E-state index in [0.29, 0.717) is 13.2 Å². The van der Waals surface area contributed by atoms with E-state index < -0.39 is 30.7 Å². The number of nitrogens with one attached hydrogen (secondary N) is 1. The van der Waals surface area contributed by atoms with Gasteiger partial charge in [0.2, 0.25) is 0 Å². The number of hydrogen-bond donors (Lipinski definition) is 4. The fraction of sp³-hybridized carbons (Fsp3) is 1.00. The summed E-state index contributed by atoms with van der Waals surface area (Å²) in [6.45, 7) is 2.61. The van der Waals surface area contributed by atoms with Crippen molar-refractivity contribution in [1.82, 2.24) is 5.32 Å². The average Bonchev–Trinajstić information content (AvgIpc) is 2.23. The third-order valence-corrected chi connectivity index (χ3v) is 2.44. The molecule has 6 heteroatoms. The van der Waals surface area contributed by atoms with Crippen LogP contribution in [0.1, 0.15) is 6.92 Å². The maximum atomic E-state index is 9.54. The van der Waals surface area contributed by atoms with Crippen molar-refractivity contribution >= 4 is 0 Å². The molecule has 5 unspecified atom stereocenters. The third kappa shape index (κ3) is 3.10. The monoisotopic (exact) mass is 221 g/mol. The van der Waals surface area contributed by atoms with Gasteiger partial charge in [0.05, 0.1) is 12.7 Å². The zero-order chi connectivity index (χ0) is 11.4. The van der Waals surface area contributed by atoms with E-state index in [1.807, 2.05) is 0 Å². The zero-order valence-corrected chi connectivity index (χ0v) is 8.96. The minimum absolute atomic E-state index is 0.369. The highest BCUT2D eigenvalue weighted by Gasteiger charge is 2.42. The number of ether oxygens (including phenoxy) is 2. The van der Waals surface area contributed by atoms with Gasteiger partial charge in [0.25, 0.3) is 0 Å². The quantitative estimate of drug-likeness (QED) is 0.412. The lowest BCUT2D eigenvalue weighted by Crippen LogP contribution is -2.57. The van der Waals surface area contributed by atoms with Crippen LogP contribution in [-0.2, 0) is 9.47 Å². The fourth-order valence-electron chi connectivity index (χ4n) is 1.43. The second-order valence-corrected chi connectivity index (χ2v) is 3.66. The summed E-state index contributed by atoms with van der Waals surface area (Å²) in [5.74, 6) is 0. The second-order valence-electron chi connectivity index (χ2n) is 3.66. The molecule has 0 spiro atoms. The Balaban J connectivity index is 2.43. The molecule has 15 heavy (non-hydrogen) atoms. The number of hydrogen-bond acceptors (Lipinski definition) is 6. The third-order valence-electron chi connectivity index (χ3n) is 2.44. The van der Waals surface area contributed by atoms with E-state index in [0.717, 1.165) is 0 Å². The van der Waals surface area contributed by atoms with E-state index in [2.05, 4.69) is 5.32 Å². The van der Waals surface area contributed by atoms with Crippen molar-refractivity contribution in [2.24, 2.45) is 0 Å². The van der Waals surface area contributed by atoms with E-state index in [-0.39, 0.29) is 0 Å². The molecular formula is C9H19NO5. The summed E-state index contributed by atoms with van der Waals surface area (Å²) in [6.07, 6.45) is -4.96. The van der Waals surface area contributed by atoms with Crippen molar-refractivity contribution in [2.45, 2.75) is 37.6 Å². The van der Waals surface area contributed by atoms with Crippen LogP contribution in [0.3, 0.4) is 0 Å². The summed E-state index contributed by atoms with van der Waals surface area (Å²) in [4.78, 5) is 0. The maximum absolute atomic E-state index is 9.54. The molecule has 4 N–H and O–H groups in total. The summed E-state index contributed by atoms with van der Waals surface area (Å²) >= 11 is 0. The van der Waals surface area contributed by atoms with Gasteiger partial charge in [0.15, 0.2) is 6.29 Å². The number of aliphatic hydroxyl groups excluding tert-OH is 3. The summed E-state index contributed by atoms with van der Waals surface area (Å²) in [7, 11) is 1.78. The first kappa shape index (κ1) is 12.8. The molecule has 0 aromatic rings. The Labute approximate surface area is 88.8 Å². The molecule has 1 rings (SSSR count). The average molecular weight is 221 g/mol. The molecule has 1 saturated heterocycles. The molecule has 1 heterocycles. The van der Waals surface area contributed by atoms with E-state index in [9.17, 15) is 15.3 Å². The van der Waals surface area contributed by atoms with Crippen molar-refractivity contribution in [3.8, 4) is 0 Å². The first-order valence-corrected chi connectivity index (χ1v) is 5.03. The molecule has 0 radical (unpaired) electrons. The van der Waals surface area contributed by atoms with E-state index in [1.54, 1.807) is 14.0 Å². The normalized spacial score (nSPS) is 41.8. The highest BCUT2D eigenvalue weighted by Crippen LogP contribution is 2.21. The topological polar surface area (TPSA) is 91.2 Å². The SMILES string of the molecule is CNCCOC1OC(C)C(O)C(O)C1O. The van der Waals surface area contributed by atoms with Crippen LogP contribution < -0.4 is 5.32 Å². The molecule has 1 fully saturated rings. The summed E-state index contributed by atoms with van der Waals surface area (Å²) in [5, 5.41) is 31.3. The molecule has 0 aromatic heterocycles. The first-order chi connectivity index (χ1) is 7.07.